The third-order valence-electron chi connectivity index (χ3n) is 3.20. The first-order chi connectivity index (χ1) is 10.2. The number of hydrogen-bond acceptors (Lipinski definition) is 6. The Morgan fingerprint density at radius 1 is 1.10 bits per heavy atom. The molecule has 1 aromatic carbocycles. The fourth-order valence-electron chi connectivity index (χ4n) is 2.10. The minimum Gasteiger partial charge on any atom is -0.497 e. The van der Waals surface area contributed by atoms with Gasteiger partial charge in [-0.25, -0.2) is 9.97 Å². The molecule has 2 rings (SSSR count). The van der Waals surface area contributed by atoms with E-state index in [1.165, 1.54) is 6.33 Å². The Kier molecular flexibility index (Phi) is 4.81. The highest BCUT2D eigenvalue weighted by Gasteiger charge is 2.11. The van der Waals surface area contributed by atoms with E-state index in [-0.39, 0.29) is 0 Å². The Hall–Kier alpha value is -2.50. The monoisotopic (exact) mass is 288 g/mol. The minimum absolute atomic E-state index is 0.695. The SMILES string of the molecule is CCc1c(NC)ncnc1Nc1ccc(OC)cc1OC. The number of aromatic nitrogens is 2. The quantitative estimate of drug-likeness (QED) is 0.852. The van der Waals surface area contributed by atoms with Gasteiger partial charge in [0.25, 0.3) is 0 Å². The van der Waals surface area contributed by atoms with Crippen molar-refractivity contribution in [1.29, 1.82) is 0 Å². The maximum Gasteiger partial charge on any atom is 0.146 e. The van der Waals surface area contributed by atoms with Gasteiger partial charge in [-0.15, -0.1) is 0 Å². The van der Waals surface area contributed by atoms with E-state index in [0.29, 0.717) is 5.75 Å². The maximum atomic E-state index is 5.39. The van der Waals surface area contributed by atoms with E-state index in [9.17, 15) is 0 Å². The molecule has 6 heteroatoms. The van der Waals surface area contributed by atoms with Gasteiger partial charge < -0.3 is 20.1 Å². The number of methoxy groups -OCH3 is 2. The lowest BCUT2D eigenvalue weighted by Crippen LogP contribution is -2.05. The molecule has 112 valence electrons. The molecule has 2 N–H and O–H groups in total. The summed E-state index contributed by atoms with van der Waals surface area (Å²) in [6.07, 6.45) is 2.35. The Morgan fingerprint density at radius 2 is 1.86 bits per heavy atom. The van der Waals surface area contributed by atoms with Crippen LogP contribution in [0, 0.1) is 0 Å². The lowest BCUT2D eigenvalue weighted by molar-refractivity contribution is 0.395. The number of benzene rings is 1. The Bertz CT molecular complexity index is 617. The summed E-state index contributed by atoms with van der Waals surface area (Å²) in [7, 11) is 5.10. The molecule has 0 radical (unpaired) electrons. The highest BCUT2D eigenvalue weighted by Crippen LogP contribution is 2.32. The summed E-state index contributed by atoms with van der Waals surface area (Å²) in [6, 6.07) is 5.60. The van der Waals surface area contributed by atoms with Crippen molar-refractivity contribution >= 4 is 17.3 Å². The number of nitrogens with one attached hydrogen (secondary N) is 2. The molecule has 21 heavy (non-hydrogen) atoms. The maximum absolute atomic E-state index is 5.39. The summed E-state index contributed by atoms with van der Waals surface area (Å²) in [4.78, 5) is 8.55. The fraction of sp³-hybridized carbons (Fsp3) is 0.333. The Labute approximate surface area is 124 Å². The van der Waals surface area contributed by atoms with E-state index in [1.807, 2.05) is 25.2 Å². The van der Waals surface area contributed by atoms with Crippen LogP contribution < -0.4 is 20.1 Å². The number of rotatable bonds is 6. The summed E-state index contributed by atoms with van der Waals surface area (Å²) < 4.78 is 10.6. The summed E-state index contributed by atoms with van der Waals surface area (Å²) >= 11 is 0. The molecule has 0 fully saturated rings. The van der Waals surface area contributed by atoms with Crippen molar-refractivity contribution in [2.24, 2.45) is 0 Å². The third kappa shape index (κ3) is 3.16. The van der Waals surface area contributed by atoms with Crippen LogP contribution >= 0.6 is 0 Å². The van der Waals surface area contributed by atoms with Crippen LogP contribution in [0.15, 0.2) is 24.5 Å². The fourth-order valence-corrected chi connectivity index (χ4v) is 2.10. The van der Waals surface area contributed by atoms with E-state index in [0.717, 1.165) is 35.1 Å². The van der Waals surface area contributed by atoms with Crippen LogP contribution in [0.3, 0.4) is 0 Å². The number of ether oxygens (including phenoxy) is 2. The number of anilines is 3. The zero-order valence-corrected chi connectivity index (χ0v) is 12.7. The van der Waals surface area contributed by atoms with Gasteiger partial charge in [-0.05, 0) is 18.6 Å². The molecule has 2 aromatic rings. The molecule has 0 unspecified atom stereocenters. The van der Waals surface area contributed by atoms with Gasteiger partial charge in [0.1, 0.15) is 29.5 Å². The van der Waals surface area contributed by atoms with Crippen LogP contribution in [0.2, 0.25) is 0 Å². The summed E-state index contributed by atoms with van der Waals surface area (Å²) in [6.45, 7) is 2.07. The first-order valence-corrected chi connectivity index (χ1v) is 6.74. The van der Waals surface area contributed by atoms with Crippen LogP contribution in [0.4, 0.5) is 17.3 Å². The third-order valence-corrected chi connectivity index (χ3v) is 3.20. The Morgan fingerprint density at radius 3 is 2.48 bits per heavy atom. The molecular formula is C15H20N4O2. The topological polar surface area (TPSA) is 68.3 Å². The molecule has 0 amide bonds. The van der Waals surface area contributed by atoms with E-state index in [1.54, 1.807) is 14.2 Å². The van der Waals surface area contributed by atoms with Crippen LogP contribution in [-0.2, 0) is 6.42 Å². The van der Waals surface area contributed by atoms with Gasteiger partial charge in [0.05, 0.1) is 19.9 Å². The normalized spacial score (nSPS) is 10.1. The van der Waals surface area contributed by atoms with Crippen molar-refractivity contribution in [3.05, 3.63) is 30.1 Å². The highest BCUT2D eigenvalue weighted by atomic mass is 16.5. The standard InChI is InChI=1S/C15H20N4O2/c1-5-11-14(16-2)17-9-18-15(11)19-12-7-6-10(20-3)8-13(12)21-4/h6-9H,5H2,1-4H3,(H2,16,17,18,19). The molecule has 0 saturated carbocycles. The molecule has 0 aliphatic rings. The van der Waals surface area contributed by atoms with Gasteiger partial charge in [-0.1, -0.05) is 6.92 Å². The van der Waals surface area contributed by atoms with Crippen molar-refractivity contribution < 1.29 is 9.47 Å². The number of nitrogens with zero attached hydrogens (tertiary/aromatic N) is 2. The van der Waals surface area contributed by atoms with Crippen molar-refractivity contribution in [2.75, 3.05) is 31.9 Å². The van der Waals surface area contributed by atoms with Crippen LogP contribution in [0.1, 0.15) is 12.5 Å². The average Bonchev–Trinajstić information content (AvgIpc) is 2.54. The predicted octanol–water partition coefficient (Wildman–Crippen LogP) is 2.84. The molecular weight excluding hydrogens is 268 g/mol. The van der Waals surface area contributed by atoms with Gasteiger partial charge in [-0.2, -0.15) is 0 Å². The highest BCUT2D eigenvalue weighted by molar-refractivity contribution is 5.70. The van der Waals surface area contributed by atoms with E-state index in [4.69, 9.17) is 9.47 Å². The first kappa shape index (κ1) is 14.9. The van der Waals surface area contributed by atoms with Gasteiger partial charge in [0, 0.05) is 18.7 Å². The largest absolute Gasteiger partial charge is 0.497 e. The molecule has 0 saturated heterocycles. The van der Waals surface area contributed by atoms with Crippen molar-refractivity contribution in [2.45, 2.75) is 13.3 Å². The van der Waals surface area contributed by atoms with Gasteiger partial charge >= 0.3 is 0 Å². The summed E-state index contributed by atoms with van der Waals surface area (Å²) in [5.74, 6) is 3.02. The number of hydrogen-bond donors (Lipinski definition) is 2. The van der Waals surface area contributed by atoms with Gasteiger partial charge in [-0.3, -0.25) is 0 Å². The smallest absolute Gasteiger partial charge is 0.146 e. The van der Waals surface area contributed by atoms with Crippen LogP contribution in [0.5, 0.6) is 11.5 Å². The lowest BCUT2D eigenvalue weighted by Gasteiger charge is -2.15. The average molecular weight is 288 g/mol. The molecule has 0 atom stereocenters. The molecule has 6 nitrogen and oxygen atoms in total. The molecule has 1 heterocycles. The zero-order chi connectivity index (χ0) is 15.2. The predicted molar refractivity (Wildman–Crippen MR) is 83.8 cm³/mol. The second-order valence-electron chi connectivity index (χ2n) is 4.34. The first-order valence-electron chi connectivity index (χ1n) is 6.74. The Balaban J connectivity index is 2.38. The molecule has 0 aliphatic heterocycles. The molecule has 1 aromatic heterocycles. The van der Waals surface area contributed by atoms with E-state index in [2.05, 4.69) is 27.5 Å². The van der Waals surface area contributed by atoms with Crippen LogP contribution in [-0.4, -0.2) is 31.2 Å². The lowest BCUT2D eigenvalue weighted by atomic mass is 10.2. The molecule has 0 bridgehead atoms. The van der Waals surface area contributed by atoms with Gasteiger partial charge in [0.2, 0.25) is 0 Å². The summed E-state index contributed by atoms with van der Waals surface area (Å²) in [5, 5.41) is 6.37. The van der Waals surface area contributed by atoms with E-state index >= 15 is 0 Å². The molecule has 0 aliphatic carbocycles. The van der Waals surface area contributed by atoms with Gasteiger partial charge in [0.15, 0.2) is 0 Å². The van der Waals surface area contributed by atoms with Crippen LogP contribution in [0.25, 0.3) is 0 Å². The van der Waals surface area contributed by atoms with E-state index < -0.39 is 0 Å². The van der Waals surface area contributed by atoms with Crippen molar-refractivity contribution in [3.63, 3.8) is 0 Å². The van der Waals surface area contributed by atoms with Crippen molar-refractivity contribution in [1.82, 2.24) is 9.97 Å². The summed E-state index contributed by atoms with van der Waals surface area (Å²) in [5.41, 5.74) is 1.85. The van der Waals surface area contributed by atoms with Crippen molar-refractivity contribution in [3.8, 4) is 11.5 Å². The molecule has 0 spiro atoms. The minimum atomic E-state index is 0.695. The second kappa shape index (κ2) is 6.78. The zero-order valence-electron chi connectivity index (χ0n) is 12.7. The second-order valence-corrected chi connectivity index (χ2v) is 4.34.